The minimum absolute atomic E-state index is 0.00477. The zero-order chi connectivity index (χ0) is 19.3. The van der Waals surface area contributed by atoms with Gasteiger partial charge in [-0.1, -0.05) is 57.2 Å². The monoisotopic (exact) mass is 354 g/mol. The molecule has 0 aliphatic heterocycles. The molecule has 0 N–H and O–H groups in total. The lowest BCUT2D eigenvalue weighted by Crippen LogP contribution is -2.23. The van der Waals surface area contributed by atoms with E-state index in [1.54, 1.807) is 31.2 Å². The van der Waals surface area contributed by atoms with Crippen molar-refractivity contribution in [3.8, 4) is 0 Å². The van der Waals surface area contributed by atoms with Gasteiger partial charge in [0.2, 0.25) is 5.78 Å². The van der Waals surface area contributed by atoms with Gasteiger partial charge in [0, 0.05) is 11.6 Å². The van der Waals surface area contributed by atoms with E-state index < -0.39 is 12.1 Å². The Bertz CT molecular complexity index is 797. The summed E-state index contributed by atoms with van der Waals surface area (Å²) in [5.41, 5.74) is 2.30. The van der Waals surface area contributed by atoms with Gasteiger partial charge < -0.3 is 4.74 Å². The predicted octanol–water partition coefficient (Wildman–Crippen LogP) is 4.95. The normalized spacial score (nSPS) is 12.8. The highest BCUT2D eigenvalue weighted by atomic mass is 19.1. The molecule has 0 fully saturated rings. The molecule has 0 aromatic heterocycles. The number of Topliss-reactive ketones (excluding diaryl/α,β-unsaturated/α-hetero) is 1. The Labute approximate surface area is 153 Å². The van der Waals surface area contributed by atoms with Gasteiger partial charge in [0.05, 0.1) is 0 Å². The number of ether oxygens (including phenoxy) is 1. The molecule has 0 aliphatic carbocycles. The molecule has 0 amide bonds. The van der Waals surface area contributed by atoms with E-state index in [2.05, 4.69) is 20.8 Å². The number of rotatable bonds is 5. The molecular weight excluding hydrogens is 331 g/mol. The van der Waals surface area contributed by atoms with Crippen LogP contribution >= 0.6 is 0 Å². The first kappa shape index (κ1) is 19.6. The molecule has 3 nitrogen and oxygen atoms in total. The second kappa shape index (κ2) is 8.09. The molecule has 2 aromatic rings. The van der Waals surface area contributed by atoms with Gasteiger partial charge in [-0.2, -0.15) is 0 Å². The zero-order valence-corrected chi connectivity index (χ0v) is 15.5. The van der Waals surface area contributed by atoms with Crippen molar-refractivity contribution in [1.82, 2.24) is 0 Å². The van der Waals surface area contributed by atoms with Crippen molar-refractivity contribution in [2.24, 2.45) is 0 Å². The van der Waals surface area contributed by atoms with Crippen LogP contribution in [0.1, 0.15) is 49.2 Å². The maximum Gasteiger partial charge on any atom is 0.331 e. The lowest BCUT2D eigenvalue weighted by Gasteiger charge is -2.19. The van der Waals surface area contributed by atoms with Gasteiger partial charge in [-0.05, 0) is 41.7 Å². The van der Waals surface area contributed by atoms with Gasteiger partial charge in [-0.25, -0.2) is 9.18 Å². The Morgan fingerprint density at radius 1 is 1.00 bits per heavy atom. The van der Waals surface area contributed by atoms with Crippen molar-refractivity contribution in [3.63, 3.8) is 0 Å². The average Bonchev–Trinajstić information content (AvgIpc) is 2.60. The van der Waals surface area contributed by atoms with E-state index in [1.807, 2.05) is 12.1 Å². The van der Waals surface area contributed by atoms with Crippen LogP contribution in [0.4, 0.5) is 4.39 Å². The van der Waals surface area contributed by atoms with Crippen molar-refractivity contribution < 1.29 is 18.7 Å². The van der Waals surface area contributed by atoms with E-state index >= 15 is 0 Å². The molecule has 2 aromatic carbocycles. The smallest absolute Gasteiger partial charge is 0.331 e. The van der Waals surface area contributed by atoms with Crippen LogP contribution in [0.5, 0.6) is 0 Å². The number of benzene rings is 2. The summed E-state index contributed by atoms with van der Waals surface area (Å²) in [7, 11) is 0. The number of hydrogen-bond donors (Lipinski definition) is 0. The summed E-state index contributed by atoms with van der Waals surface area (Å²) in [4.78, 5) is 24.3. The van der Waals surface area contributed by atoms with Crippen LogP contribution in [0.15, 0.2) is 54.6 Å². The van der Waals surface area contributed by atoms with Crippen molar-refractivity contribution >= 4 is 17.8 Å². The molecule has 0 spiro atoms. The van der Waals surface area contributed by atoms with Gasteiger partial charge in [-0.3, -0.25) is 4.79 Å². The fourth-order valence-electron chi connectivity index (χ4n) is 2.37. The van der Waals surface area contributed by atoms with E-state index in [4.69, 9.17) is 4.74 Å². The Morgan fingerprint density at radius 2 is 1.58 bits per heavy atom. The third kappa shape index (κ3) is 5.38. The first-order chi connectivity index (χ1) is 12.2. The zero-order valence-electron chi connectivity index (χ0n) is 15.5. The number of carbonyl (C=O) groups excluding carboxylic acids is 2. The summed E-state index contributed by atoms with van der Waals surface area (Å²) in [6.07, 6.45) is 1.84. The molecule has 0 radical (unpaired) electrons. The molecule has 0 saturated carbocycles. The molecule has 4 heteroatoms. The van der Waals surface area contributed by atoms with Crippen molar-refractivity contribution in [3.05, 3.63) is 77.1 Å². The number of carbonyl (C=O) groups is 2. The molecule has 2 rings (SSSR count). The van der Waals surface area contributed by atoms with Crippen LogP contribution in [0.3, 0.4) is 0 Å². The van der Waals surface area contributed by atoms with Gasteiger partial charge >= 0.3 is 5.97 Å². The van der Waals surface area contributed by atoms with E-state index in [9.17, 15) is 14.0 Å². The molecular formula is C22H23FO3. The number of esters is 1. The Kier molecular flexibility index (Phi) is 6.09. The summed E-state index contributed by atoms with van der Waals surface area (Å²) in [6.45, 7) is 7.84. The number of hydrogen-bond acceptors (Lipinski definition) is 3. The van der Waals surface area contributed by atoms with Crippen molar-refractivity contribution in [2.75, 3.05) is 0 Å². The summed E-state index contributed by atoms with van der Waals surface area (Å²) >= 11 is 0. The van der Waals surface area contributed by atoms with Crippen LogP contribution in [0, 0.1) is 5.82 Å². The van der Waals surface area contributed by atoms with Gasteiger partial charge in [0.15, 0.2) is 6.10 Å². The fourth-order valence-corrected chi connectivity index (χ4v) is 2.37. The second-order valence-corrected chi connectivity index (χ2v) is 7.16. The van der Waals surface area contributed by atoms with Crippen LogP contribution < -0.4 is 0 Å². The molecule has 1 unspecified atom stereocenters. The van der Waals surface area contributed by atoms with Crippen molar-refractivity contribution in [1.29, 1.82) is 0 Å². The van der Waals surface area contributed by atoms with Crippen LogP contribution in [0.25, 0.3) is 6.08 Å². The molecule has 0 aliphatic rings. The quantitative estimate of drug-likeness (QED) is 0.433. The summed E-state index contributed by atoms with van der Waals surface area (Å²) in [6, 6.07) is 13.0. The van der Waals surface area contributed by atoms with E-state index in [-0.39, 0.29) is 17.0 Å². The minimum Gasteiger partial charge on any atom is -0.451 e. The third-order valence-corrected chi connectivity index (χ3v) is 3.98. The maximum absolute atomic E-state index is 12.8. The first-order valence-corrected chi connectivity index (χ1v) is 8.46. The maximum atomic E-state index is 12.8. The predicted molar refractivity (Wildman–Crippen MR) is 100 cm³/mol. The molecule has 0 saturated heterocycles. The van der Waals surface area contributed by atoms with Gasteiger partial charge in [0.25, 0.3) is 0 Å². The molecule has 1 atom stereocenters. The third-order valence-electron chi connectivity index (χ3n) is 3.98. The second-order valence-electron chi connectivity index (χ2n) is 7.16. The largest absolute Gasteiger partial charge is 0.451 e. The molecule has 0 bridgehead atoms. The average molecular weight is 354 g/mol. The lowest BCUT2D eigenvalue weighted by molar-refractivity contribution is -0.140. The van der Waals surface area contributed by atoms with Crippen LogP contribution in [0.2, 0.25) is 0 Å². The number of ketones is 1. The Hall–Kier alpha value is -2.75. The van der Waals surface area contributed by atoms with E-state index in [0.29, 0.717) is 11.1 Å². The summed E-state index contributed by atoms with van der Waals surface area (Å²) in [5, 5.41) is 0. The molecule has 136 valence electrons. The highest BCUT2D eigenvalue weighted by Gasteiger charge is 2.20. The Balaban J connectivity index is 1.97. The molecule has 26 heavy (non-hydrogen) atoms. The number of halogens is 1. The van der Waals surface area contributed by atoms with Crippen LogP contribution in [-0.2, 0) is 14.9 Å². The highest BCUT2D eigenvalue weighted by Crippen LogP contribution is 2.22. The first-order valence-electron chi connectivity index (χ1n) is 8.46. The van der Waals surface area contributed by atoms with Gasteiger partial charge in [0.1, 0.15) is 5.82 Å². The van der Waals surface area contributed by atoms with Crippen LogP contribution in [-0.4, -0.2) is 17.9 Å². The Morgan fingerprint density at radius 3 is 2.12 bits per heavy atom. The summed E-state index contributed by atoms with van der Waals surface area (Å²) < 4.78 is 18.0. The lowest BCUT2D eigenvalue weighted by atomic mass is 9.86. The van der Waals surface area contributed by atoms with E-state index in [1.165, 1.54) is 24.3 Å². The minimum atomic E-state index is -0.888. The standard InChI is InChI=1S/C22H23FO3/c1-15(21(25)17-8-10-18(11-9-17)22(2,3)4)26-20(24)14-7-16-5-12-19(23)13-6-16/h5-15H,1-4H3. The van der Waals surface area contributed by atoms with Gasteiger partial charge in [-0.15, -0.1) is 0 Å². The fraction of sp³-hybridized carbons (Fsp3) is 0.273. The SMILES string of the molecule is CC(OC(=O)C=Cc1ccc(F)cc1)C(=O)c1ccc(C(C)(C)C)cc1. The molecule has 0 heterocycles. The highest BCUT2D eigenvalue weighted by molar-refractivity contribution is 6.01. The van der Waals surface area contributed by atoms with E-state index in [0.717, 1.165) is 5.56 Å². The summed E-state index contributed by atoms with van der Waals surface area (Å²) in [5.74, 6) is -1.23. The van der Waals surface area contributed by atoms with Crippen molar-refractivity contribution in [2.45, 2.75) is 39.2 Å². The topological polar surface area (TPSA) is 43.4 Å².